The highest BCUT2D eigenvalue weighted by Gasteiger charge is 2.98. The van der Waals surface area contributed by atoms with Crippen LogP contribution in [0.5, 0.6) is 0 Å². The van der Waals surface area contributed by atoms with Crippen LogP contribution in [0.4, 0.5) is 96.6 Å². The SMILES string of the molecule is CC1(C)OCC(C(F)(C(F)F)C(F)(F)C(F)(F)C(F)(F)C(F)(F)C(F)(F)C(F)(F)C(F)(F)C(F)(F)C(F)(F)F)O1. The molecule has 1 saturated heterocycles. The maximum atomic E-state index is 14.7. The molecule has 0 aromatic carbocycles. The van der Waals surface area contributed by atoms with E-state index in [-0.39, 0.29) is 0 Å². The van der Waals surface area contributed by atoms with Crippen LogP contribution in [0.1, 0.15) is 13.8 Å². The zero-order valence-corrected chi connectivity index (χ0v) is 18.5. The Kier molecular flexibility index (Phi) is 8.36. The Labute approximate surface area is 205 Å². The zero-order chi connectivity index (χ0) is 32.8. The summed E-state index contributed by atoms with van der Waals surface area (Å²) < 4.78 is 304. The van der Waals surface area contributed by atoms with Crippen LogP contribution < -0.4 is 0 Å². The van der Waals surface area contributed by atoms with Gasteiger partial charge in [0.15, 0.2) is 5.79 Å². The molecule has 2 nitrogen and oxygen atoms in total. The van der Waals surface area contributed by atoms with Gasteiger partial charge in [-0.15, -0.1) is 0 Å². The lowest BCUT2D eigenvalue weighted by atomic mass is 9.81. The van der Waals surface area contributed by atoms with Crippen molar-refractivity contribution in [3.8, 4) is 0 Å². The molecule has 0 radical (unpaired) electrons. The summed E-state index contributed by atoms with van der Waals surface area (Å²) in [6.07, 6.45) is -17.6. The average molecular weight is 652 g/mol. The molecule has 0 aliphatic carbocycles. The molecule has 0 aromatic heterocycles. The molecule has 1 fully saturated rings. The standard InChI is InChI=1S/C16H10F22O2/c1-6(2)39-3-4(40-6)7(19,5(17)18)8(20,21)9(22,23)10(24,25)11(26,27)12(28,29)13(30,31)14(32,33)15(34,35)16(36,37)38/h4-5H,3H2,1-2H3. The minimum Gasteiger partial charge on any atom is -0.348 e. The first-order chi connectivity index (χ1) is 17.0. The van der Waals surface area contributed by atoms with E-state index >= 15 is 0 Å². The summed E-state index contributed by atoms with van der Waals surface area (Å²) in [6, 6.07) is 0. The molecule has 40 heavy (non-hydrogen) atoms. The largest absolute Gasteiger partial charge is 0.460 e. The Morgan fingerprint density at radius 2 is 0.775 bits per heavy atom. The molecule has 1 aliphatic heterocycles. The van der Waals surface area contributed by atoms with Gasteiger partial charge in [-0.25, -0.2) is 13.2 Å². The van der Waals surface area contributed by atoms with Crippen molar-refractivity contribution in [1.29, 1.82) is 0 Å². The number of alkyl halides is 22. The number of halogens is 22. The monoisotopic (exact) mass is 652 g/mol. The first-order valence-electron chi connectivity index (χ1n) is 9.38. The van der Waals surface area contributed by atoms with Crippen LogP contribution in [-0.4, -0.2) is 84.1 Å². The Bertz CT molecular complexity index is 936. The van der Waals surface area contributed by atoms with E-state index in [0.29, 0.717) is 13.8 Å². The predicted molar refractivity (Wildman–Crippen MR) is 80.4 cm³/mol. The minimum absolute atomic E-state index is 0.553. The summed E-state index contributed by atoms with van der Waals surface area (Å²) in [4.78, 5) is 0. The summed E-state index contributed by atoms with van der Waals surface area (Å²) in [5.41, 5.74) is -6.67. The van der Waals surface area contributed by atoms with Gasteiger partial charge < -0.3 is 9.47 Å². The summed E-state index contributed by atoms with van der Waals surface area (Å²) in [5.74, 6) is -73.6. The lowest BCUT2D eigenvalue weighted by Gasteiger charge is -2.46. The van der Waals surface area contributed by atoms with Crippen molar-refractivity contribution >= 4 is 0 Å². The normalized spacial score (nSPS) is 22.6. The van der Waals surface area contributed by atoms with Gasteiger partial charge >= 0.3 is 53.6 Å². The summed E-state index contributed by atoms with van der Waals surface area (Å²) >= 11 is 0. The third-order valence-corrected chi connectivity index (χ3v) is 5.39. The molecule has 0 amide bonds. The van der Waals surface area contributed by atoms with Crippen LogP contribution in [0.2, 0.25) is 0 Å². The number of hydrogen-bond donors (Lipinski definition) is 0. The van der Waals surface area contributed by atoms with E-state index in [0.717, 1.165) is 0 Å². The highest BCUT2D eigenvalue weighted by atomic mass is 19.4. The second kappa shape index (κ2) is 9.19. The topological polar surface area (TPSA) is 18.5 Å². The van der Waals surface area contributed by atoms with Crippen molar-refractivity contribution in [2.75, 3.05) is 6.61 Å². The molecule has 0 bridgehead atoms. The number of ether oxygens (including phenoxy) is 2. The maximum absolute atomic E-state index is 14.7. The first-order valence-corrected chi connectivity index (χ1v) is 9.38. The second-order valence-electron chi connectivity index (χ2n) is 8.48. The molecule has 0 spiro atoms. The van der Waals surface area contributed by atoms with Gasteiger partial charge in [0.2, 0.25) is 0 Å². The van der Waals surface area contributed by atoms with Gasteiger partial charge in [0.25, 0.3) is 12.1 Å². The molecule has 2 unspecified atom stereocenters. The summed E-state index contributed by atoms with van der Waals surface area (Å²) in [6.45, 7) is -0.899. The van der Waals surface area contributed by atoms with E-state index in [9.17, 15) is 96.6 Å². The molecule has 0 saturated carbocycles. The summed E-state index contributed by atoms with van der Waals surface area (Å²) in [5, 5.41) is 0. The Hall–Kier alpha value is -1.62. The number of rotatable bonds is 10. The van der Waals surface area contributed by atoms with Gasteiger partial charge in [-0.1, -0.05) is 0 Å². The van der Waals surface area contributed by atoms with Gasteiger partial charge in [-0.05, 0) is 13.8 Å². The zero-order valence-electron chi connectivity index (χ0n) is 18.5. The molecule has 24 heteroatoms. The number of hydrogen-bond acceptors (Lipinski definition) is 2. The molecule has 1 rings (SSSR count). The van der Waals surface area contributed by atoms with Crippen molar-refractivity contribution in [2.24, 2.45) is 0 Å². The quantitative estimate of drug-likeness (QED) is 0.225. The average Bonchev–Trinajstić information content (AvgIpc) is 3.10. The van der Waals surface area contributed by atoms with E-state index in [2.05, 4.69) is 9.47 Å². The molecule has 0 N–H and O–H groups in total. The molecular weight excluding hydrogens is 642 g/mol. The Balaban J connectivity index is 3.85. The smallest absolute Gasteiger partial charge is 0.348 e. The third kappa shape index (κ3) is 4.34. The molecule has 240 valence electrons. The van der Waals surface area contributed by atoms with E-state index in [1.54, 1.807) is 0 Å². The van der Waals surface area contributed by atoms with Gasteiger partial charge in [0, 0.05) is 0 Å². The molecular formula is C16H10F22O2. The van der Waals surface area contributed by atoms with Crippen molar-refractivity contribution in [3.63, 3.8) is 0 Å². The Morgan fingerprint density at radius 3 is 1.00 bits per heavy atom. The van der Waals surface area contributed by atoms with Crippen LogP contribution in [0.3, 0.4) is 0 Å². The van der Waals surface area contributed by atoms with E-state index < -0.39 is 84.1 Å². The van der Waals surface area contributed by atoms with Crippen LogP contribution in [0.15, 0.2) is 0 Å². The second-order valence-corrected chi connectivity index (χ2v) is 8.48. The maximum Gasteiger partial charge on any atom is 0.460 e. The molecule has 0 aromatic rings. The van der Waals surface area contributed by atoms with Gasteiger partial charge in [-0.3, -0.25) is 0 Å². The van der Waals surface area contributed by atoms with Crippen molar-refractivity contribution in [1.82, 2.24) is 0 Å². The lowest BCUT2D eigenvalue weighted by molar-refractivity contribution is -0.474. The summed E-state index contributed by atoms with van der Waals surface area (Å²) in [7, 11) is 0. The van der Waals surface area contributed by atoms with Crippen LogP contribution >= 0.6 is 0 Å². The molecule has 2 atom stereocenters. The van der Waals surface area contributed by atoms with Crippen molar-refractivity contribution < 1.29 is 106 Å². The van der Waals surface area contributed by atoms with E-state index in [1.807, 2.05) is 0 Å². The molecule has 1 heterocycles. The van der Waals surface area contributed by atoms with E-state index in [4.69, 9.17) is 0 Å². The van der Waals surface area contributed by atoms with Crippen LogP contribution in [-0.2, 0) is 9.47 Å². The highest BCUT2D eigenvalue weighted by Crippen LogP contribution is 2.66. The predicted octanol–water partition coefficient (Wildman–Crippen LogP) is 7.76. The fourth-order valence-corrected chi connectivity index (χ4v) is 2.98. The fraction of sp³-hybridized carbons (Fsp3) is 1.00. The van der Waals surface area contributed by atoms with Crippen LogP contribution in [0, 0.1) is 0 Å². The van der Waals surface area contributed by atoms with Crippen LogP contribution in [0.25, 0.3) is 0 Å². The minimum atomic E-state index is -9.26. The highest BCUT2D eigenvalue weighted by molar-refractivity contribution is 5.20. The lowest BCUT2D eigenvalue weighted by Crippen LogP contribution is -2.78. The van der Waals surface area contributed by atoms with Crippen molar-refractivity contribution in [2.45, 2.75) is 91.4 Å². The third-order valence-electron chi connectivity index (χ3n) is 5.39. The van der Waals surface area contributed by atoms with E-state index in [1.165, 1.54) is 0 Å². The fourth-order valence-electron chi connectivity index (χ4n) is 2.98. The first kappa shape index (κ1) is 36.4. The molecule has 1 aliphatic rings. The van der Waals surface area contributed by atoms with Gasteiger partial charge in [0.1, 0.15) is 6.10 Å². The van der Waals surface area contributed by atoms with Crippen molar-refractivity contribution in [3.05, 3.63) is 0 Å². The Morgan fingerprint density at radius 1 is 0.500 bits per heavy atom. The van der Waals surface area contributed by atoms with Gasteiger partial charge in [-0.2, -0.15) is 83.4 Å². The van der Waals surface area contributed by atoms with Gasteiger partial charge in [0.05, 0.1) is 6.61 Å².